The van der Waals surface area contributed by atoms with Gasteiger partial charge in [-0.2, -0.15) is 0 Å². The molecule has 0 aliphatic rings. The number of aromatic nitrogens is 2. The van der Waals surface area contributed by atoms with Crippen LogP contribution in [0.5, 0.6) is 0 Å². The number of nitrogens with zero attached hydrogens (tertiary/aromatic N) is 3. The van der Waals surface area contributed by atoms with Gasteiger partial charge in [0.1, 0.15) is 5.82 Å². The molecular formula is C22H17ClFN3OS. The summed E-state index contributed by atoms with van der Waals surface area (Å²) in [6, 6.07) is 13.4. The van der Waals surface area contributed by atoms with Gasteiger partial charge in [-0.05, 0) is 60.0 Å². The first-order chi connectivity index (χ1) is 14.0. The van der Waals surface area contributed by atoms with Crippen LogP contribution in [-0.2, 0) is 17.8 Å². The van der Waals surface area contributed by atoms with Crippen LogP contribution in [0.1, 0.15) is 16.7 Å². The number of carbonyl (C=O) groups is 1. The van der Waals surface area contributed by atoms with E-state index in [0.29, 0.717) is 16.7 Å². The number of fused-ring (bicyclic) bond motifs is 1. The zero-order valence-corrected chi connectivity index (χ0v) is 17.2. The van der Waals surface area contributed by atoms with Crippen LogP contribution in [0.4, 0.5) is 9.52 Å². The second-order valence-corrected chi connectivity index (χ2v) is 8.15. The van der Waals surface area contributed by atoms with E-state index in [1.54, 1.807) is 29.4 Å². The molecule has 2 aromatic heterocycles. The van der Waals surface area contributed by atoms with E-state index in [9.17, 15) is 9.18 Å². The third kappa shape index (κ3) is 4.44. The van der Waals surface area contributed by atoms with Crippen molar-refractivity contribution in [3.8, 4) is 0 Å². The van der Waals surface area contributed by atoms with Gasteiger partial charge in [0.05, 0.1) is 23.2 Å². The summed E-state index contributed by atoms with van der Waals surface area (Å²) in [6.45, 7) is 2.32. The quantitative estimate of drug-likeness (QED) is 0.420. The second-order valence-electron chi connectivity index (χ2n) is 6.70. The standard InChI is InChI=1S/C22H17ClFN3OS/c1-14-10-17(23)12-19-21(14)26-22(29-19)27(13-16-6-8-25-9-7-16)20(28)11-15-2-4-18(24)5-3-15/h2-10,12H,11,13H2,1H3. The second kappa shape index (κ2) is 8.27. The lowest BCUT2D eigenvalue weighted by Crippen LogP contribution is -2.31. The molecule has 0 aliphatic carbocycles. The number of anilines is 1. The Balaban J connectivity index is 1.70. The summed E-state index contributed by atoms with van der Waals surface area (Å²) in [5.41, 5.74) is 3.49. The van der Waals surface area contributed by atoms with Gasteiger partial charge in [-0.3, -0.25) is 14.7 Å². The Morgan fingerprint density at radius 1 is 1.10 bits per heavy atom. The van der Waals surface area contributed by atoms with Crippen LogP contribution in [-0.4, -0.2) is 15.9 Å². The molecule has 0 unspecified atom stereocenters. The van der Waals surface area contributed by atoms with E-state index >= 15 is 0 Å². The summed E-state index contributed by atoms with van der Waals surface area (Å²) in [5.74, 6) is -0.440. The van der Waals surface area contributed by atoms with Crippen molar-refractivity contribution in [2.75, 3.05) is 4.90 Å². The van der Waals surface area contributed by atoms with E-state index in [-0.39, 0.29) is 18.1 Å². The van der Waals surface area contributed by atoms with E-state index < -0.39 is 0 Å². The number of thiazole rings is 1. The molecular weight excluding hydrogens is 409 g/mol. The summed E-state index contributed by atoms with van der Waals surface area (Å²) >= 11 is 7.61. The van der Waals surface area contributed by atoms with Gasteiger partial charge < -0.3 is 0 Å². The number of halogens is 2. The van der Waals surface area contributed by atoms with Crippen LogP contribution in [0, 0.1) is 12.7 Å². The number of benzene rings is 2. The fraction of sp³-hybridized carbons (Fsp3) is 0.136. The number of amides is 1. The molecule has 29 heavy (non-hydrogen) atoms. The van der Waals surface area contributed by atoms with Gasteiger partial charge in [0.25, 0.3) is 0 Å². The lowest BCUT2D eigenvalue weighted by atomic mass is 10.1. The highest BCUT2D eigenvalue weighted by Crippen LogP contribution is 2.34. The van der Waals surface area contributed by atoms with Gasteiger partial charge in [0.15, 0.2) is 5.13 Å². The van der Waals surface area contributed by atoms with E-state index in [0.717, 1.165) is 26.9 Å². The monoisotopic (exact) mass is 425 g/mol. The van der Waals surface area contributed by atoms with Crippen LogP contribution in [0.2, 0.25) is 5.02 Å². The summed E-state index contributed by atoms with van der Waals surface area (Å²) in [7, 11) is 0. The summed E-state index contributed by atoms with van der Waals surface area (Å²) in [5, 5.41) is 1.25. The zero-order chi connectivity index (χ0) is 20.4. The highest BCUT2D eigenvalue weighted by Gasteiger charge is 2.21. The van der Waals surface area contributed by atoms with Gasteiger partial charge in [-0.15, -0.1) is 0 Å². The Hall–Kier alpha value is -2.83. The average molecular weight is 426 g/mol. The molecule has 2 aromatic carbocycles. The molecule has 0 aliphatic heterocycles. The van der Waals surface area contributed by atoms with Crippen molar-refractivity contribution in [2.24, 2.45) is 0 Å². The molecule has 0 spiro atoms. The fourth-order valence-electron chi connectivity index (χ4n) is 3.06. The third-order valence-electron chi connectivity index (χ3n) is 4.53. The number of carbonyl (C=O) groups excluding carboxylic acids is 1. The Kier molecular flexibility index (Phi) is 5.56. The first-order valence-electron chi connectivity index (χ1n) is 9.00. The number of hydrogen-bond donors (Lipinski definition) is 0. The van der Waals surface area contributed by atoms with Crippen LogP contribution >= 0.6 is 22.9 Å². The van der Waals surface area contributed by atoms with E-state index in [1.807, 2.05) is 31.2 Å². The van der Waals surface area contributed by atoms with Gasteiger partial charge in [-0.25, -0.2) is 9.37 Å². The van der Waals surface area contributed by atoms with Crippen molar-refractivity contribution >= 4 is 44.2 Å². The Morgan fingerprint density at radius 2 is 1.83 bits per heavy atom. The summed E-state index contributed by atoms with van der Waals surface area (Å²) in [4.78, 5) is 23.6. The predicted octanol–water partition coefficient (Wildman–Crippen LogP) is 5.57. The zero-order valence-electron chi connectivity index (χ0n) is 15.6. The molecule has 4 rings (SSSR count). The molecule has 4 nitrogen and oxygen atoms in total. The van der Waals surface area contributed by atoms with Crippen LogP contribution in [0.25, 0.3) is 10.2 Å². The molecule has 0 bridgehead atoms. The van der Waals surface area contributed by atoms with Gasteiger partial charge in [0, 0.05) is 17.4 Å². The molecule has 0 saturated carbocycles. The van der Waals surface area contributed by atoms with Crippen molar-refractivity contribution in [1.82, 2.24) is 9.97 Å². The molecule has 1 amide bonds. The van der Waals surface area contributed by atoms with Crippen molar-refractivity contribution in [1.29, 1.82) is 0 Å². The van der Waals surface area contributed by atoms with Crippen LogP contribution in [0.3, 0.4) is 0 Å². The highest BCUT2D eigenvalue weighted by atomic mass is 35.5. The molecule has 0 radical (unpaired) electrons. The predicted molar refractivity (Wildman–Crippen MR) is 115 cm³/mol. The lowest BCUT2D eigenvalue weighted by molar-refractivity contribution is -0.118. The molecule has 0 fully saturated rings. The van der Waals surface area contributed by atoms with Crippen LogP contribution in [0.15, 0.2) is 60.9 Å². The van der Waals surface area contributed by atoms with Crippen molar-refractivity contribution in [3.63, 3.8) is 0 Å². The van der Waals surface area contributed by atoms with Gasteiger partial charge in [-0.1, -0.05) is 35.1 Å². The molecule has 146 valence electrons. The Bertz CT molecular complexity index is 1160. The normalized spacial score (nSPS) is 11.0. The Morgan fingerprint density at radius 3 is 2.55 bits per heavy atom. The molecule has 0 saturated heterocycles. The largest absolute Gasteiger partial charge is 0.283 e. The number of hydrogen-bond acceptors (Lipinski definition) is 4. The molecule has 2 heterocycles. The lowest BCUT2D eigenvalue weighted by Gasteiger charge is -2.20. The minimum absolute atomic E-state index is 0.115. The first kappa shape index (κ1) is 19.5. The maximum atomic E-state index is 13.2. The number of rotatable bonds is 5. The van der Waals surface area contributed by atoms with Crippen molar-refractivity contribution in [3.05, 3.63) is 88.5 Å². The van der Waals surface area contributed by atoms with Crippen LogP contribution < -0.4 is 4.90 Å². The van der Waals surface area contributed by atoms with Crippen molar-refractivity contribution in [2.45, 2.75) is 19.9 Å². The first-order valence-corrected chi connectivity index (χ1v) is 10.2. The molecule has 4 aromatic rings. The van der Waals surface area contributed by atoms with Gasteiger partial charge >= 0.3 is 0 Å². The Labute approximate surface area is 176 Å². The van der Waals surface area contributed by atoms with E-state index in [2.05, 4.69) is 4.98 Å². The smallest absolute Gasteiger partial charge is 0.233 e. The van der Waals surface area contributed by atoms with E-state index in [1.165, 1.54) is 23.5 Å². The van der Waals surface area contributed by atoms with Gasteiger partial charge in [0.2, 0.25) is 5.91 Å². The van der Waals surface area contributed by atoms with E-state index in [4.69, 9.17) is 16.6 Å². The number of pyridine rings is 1. The summed E-state index contributed by atoms with van der Waals surface area (Å²) in [6.07, 6.45) is 3.54. The molecule has 7 heteroatoms. The molecule has 0 atom stereocenters. The minimum Gasteiger partial charge on any atom is -0.283 e. The van der Waals surface area contributed by atoms with Crippen molar-refractivity contribution < 1.29 is 9.18 Å². The minimum atomic E-state index is -0.326. The average Bonchev–Trinajstić information content (AvgIpc) is 3.12. The maximum absolute atomic E-state index is 13.2. The topological polar surface area (TPSA) is 46.1 Å². The fourth-order valence-corrected chi connectivity index (χ4v) is 4.50. The molecule has 0 N–H and O–H groups in total. The highest BCUT2D eigenvalue weighted by molar-refractivity contribution is 7.22. The SMILES string of the molecule is Cc1cc(Cl)cc2sc(N(Cc3ccncc3)C(=O)Cc3ccc(F)cc3)nc12. The number of aryl methyl sites for hydroxylation is 1. The summed E-state index contributed by atoms with van der Waals surface area (Å²) < 4.78 is 14.1. The maximum Gasteiger partial charge on any atom is 0.233 e. The third-order valence-corrected chi connectivity index (χ3v) is 5.77.